The van der Waals surface area contributed by atoms with Gasteiger partial charge in [-0.2, -0.15) is 0 Å². The van der Waals surface area contributed by atoms with E-state index < -0.39 is 5.60 Å². The van der Waals surface area contributed by atoms with Crippen molar-refractivity contribution in [2.24, 2.45) is 0 Å². The minimum Gasteiger partial charge on any atom is -0.459 e. The van der Waals surface area contributed by atoms with Crippen molar-refractivity contribution in [2.45, 2.75) is 25.9 Å². The van der Waals surface area contributed by atoms with E-state index in [4.69, 9.17) is 9.62 Å². The van der Waals surface area contributed by atoms with Gasteiger partial charge in [0.15, 0.2) is 5.60 Å². The van der Waals surface area contributed by atoms with E-state index in [1.165, 1.54) is 0 Å². The lowest BCUT2D eigenvalue weighted by Crippen LogP contribution is -2.51. The highest BCUT2D eigenvalue weighted by Crippen LogP contribution is 2.26. The van der Waals surface area contributed by atoms with Crippen LogP contribution in [0.25, 0.3) is 0 Å². The molecule has 1 aliphatic rings. The zero-order chi connectivity index (χ0) is 9.90. The van der Waals surface area contributed by atoms with E-state index in [1.807, 2.05) is 6.92 Å². The first-order valence-corrected chi connectivity index (χ1v) is 4.23. The Hall–Kier alpha value is -0.870. The molecule has 1 unspecified atom stereocenters. The van der Waals surface area contributed by atoms with Crippen LogP contribution < -0.4 is 0 Å². The van der Waals surface area contributed by atoms with Gasteiger partial charge in [-0.3, -0.25) is 0 Å². The summed E-state index contributed by atoms with van der Waals surface area (Å²) >= 11 is 0. The molecule has 1 fully saturated rings. The molecule has 1 heterocycles. The van der Waals surface area contributed by atoms with Gasteiger partial charge in [-0.15, -0.1) is 0 Å². The van der Waals surface area contributed by atoms with Crippen molar-refractivity contribution in [3.8, 4) is 0 Å². The average molecular weight is 186 g/mol. The van der Waals surface area contributed by atoms with Crippen LogP contribution in [0.15, 0.2) is 12.2 Å². The third kappa shape index (κ3) is 2.29. The fourth-order valence-corrected chi connectivity index (χ4v) is 0.875. The Morgan fingerprint density at radius 3 is 2.62 bits per heavy atom. The fraction of sp³-hybridized carbons (Fsp3) is 0.667. The standard InChI is InChI=1S/C9H14O4/c1-4-9(6-12-13-9)5-11-8(10)7(2)3/h2,4-6H2,1,3H3. The highest BCUT2D eigenvalue weighted by molar-refractivity contribution is 5.86. The third-order valence-electron chi connectivity index (χ3n) is 2.02. The molecule has 0 amide bonds. The van der Waals surface area contributed by atoms with Crippen LogP contribution in [-0.2, 0) is 19.3 Å². The first kappa shape index (κ1) is 10.2. The van der Waals surface area contributed by atoms with Crippen LogP contribution >= 0.6 is 0 Å². The second-order valence-electron chi connectivity index (χ2n) is 3.24. The van der Waals surface area contributed by atoms with Gasteiger partial charge in [-0.1, -0.05) is 13.5 Å². The molecule has 13 heavy (non-hydrogen) atoms. The van der Waals surface area contributed by atoms with Crippen LogP contribution in [0.3, 0.4) is 0 Å². The van der Waals surface area contributed by atoms with Gasteiger partial charge >= 0.3 is 5.97 Å². The molecular weight excluding hydrogens is 172 g/mol. The molecule has 0 aromatic heterocycles. The topological polar surface area (TPSA) is 44.8 Å². The molecule has 0 spiro atoms. The number of carbonyl (C=O) groups excluding carboxylic acids is 1. The summed E-state index contributed by atoms with van der Waals surface area (Å²) in [6, 6.07) is 0. The van der Waals surface area contributed by atoms with E-state index in [9.17, 15) is 4.79 Å². The molecule has 74 valence electrons. The van der Waals surface area contributed by atoms with E-state index in [0.717, 1.165) is 6.42 Å². The van der Waals surface area contributed by atoms with Gasteiger partial charge < -0.3 is 4.74 Å². The Kier molecular flexibility index (Phi) is 3.06. The van der Waals surface area contributed by atoms with Gasteiger partial charge in [0.2, 0.25) is 0 Å². The SMILES string of the molecule is C=C(C)C(=O)OCC1(CC)COO1. The molecule has 0 aromatic carbocycles. The van der Waals surface area contributed by atoms with Crippen molar-refractivity contribution in [1.82, 2.24) is 0 Å². The van der Waals surface area contributed by atoms with Crippen LogP contribution in [0, 0.1) is 0 Å². The Morgan fingerprint density at radius 2 is 2.31 bits per heavy atom. The zero-order valence-electron chi connectivity index (χ0n) is 7.96. The lowest BCUT2D eigenvalue weighted by molar-refractivity contribution is -0.476. The highest BCUT2D eigenvalue weighted by atomic mass is 17.2. The predicted molar refractivity (Wildman–Crippen MR) is 45.8 cm³/mol. The maximum Gasteiger partial charge on any atom is 0.333 e. The van der Waals surface area contributed by atoms with Crippen LogP contribution in [0.2, 0.25) is 0 Å². The maximum atomic E-state index is 11.0. The number of hydrogen-bond donors (Lipinski definition) is 0. The second-order valence-corrected chi connectivity index (χ2v) is 3.24. The van der Waals surface area contributed by atoms with E-state index in [-0.39, 0.29) is 12.6 Å². The monoisotopic (exact) mass is 186 g/mol. The van der Waals surface area contributed by atoms with Crippen molar-refractivity contribution in [1.29, 1.82) is 0 Å². The average Bonchev–Trinajstić information content (AvgIpc) is 2.02. The quantitative estimate of drug-likeness (QED) is 0.376. The smallest absolute Gasteiger partial charge is 0.333 e. The van der Waals surface area contributed by atoms with E-state index >= 15 is 0 Å². The maximum absolute atomic E-state index is 11.0. The number of hydrogen-bond acceptors (Lipinski definition) is 4. The Bertz CT molecular complexity index is 212. The summed E-state index contributed by atoms with van der Waals surface area (Å²) in [6.07, 6.45) is 0.760. The predicted octanol–water partition coefficient (Wildman–Crippen LogP) is 1.22. The first-order chi connectivity index (χ1) is 6.09. The summed E-state index contributed by atoms with van der Waals surface area (Å²) in [7, 11) is 0. The molecule has 1 rings (SSSR count). The second kappa shape index (κ2) is 3.89. The van der Waals surface area contributed by atoms with Crippen molar-refractivity contribution in [3.63, 3.8) is 0 Å². The van der Waals surface area contributed by atoms with E-state index in [0.29, 0.717) is 12.2 Å². The van der Waals surface area contributed by atoms with Crippen LogP contribution in [0.4, 0.5) is 0 Å². The minimum atomic E-state index is -0.425. The van der Waals surface area contributed by atoms with Crippen molar-refractivity contribution < 1.29 is 19.3 Å². The zero-order valence-corrected chi connectivity index (χ0v) is 7.96. The normalized spacial score (nSPS) is 26.3. The van der Waals surface area contributed by atoms with E-state index in [1.54, 1.807) is 6.92 Å². The summed E-state index contributed by atoms with van der Waals surface area (Å²) in [6.45, 7) is 7.75. The summed E-state index contributed by atoms with van der Waals surface area (Å²) in [5.41, 5.74) is -0.0306. The van der Waals surface area contributed by atoms with Crippen LogP contribution in [0.5, 0.6) is 0 Å². The molecule has 4 heteroatoms. The summed E-state index contributed by atoms with van der Waals surface area (Å²) in [4.78, 5) is 20.5. The molecule has 1 aliphatic heterocycles. The van der Waals surface area contributed by atoms with Crippen LogP contribution in [-0.4, -0.2) is 24.8 Å². The fourth-order valence-electron chi connectivity index (χ4n) is 0.875. The van der Waals surface area contributed by atoms with Gasteiger partial charge in [0.05, 0.1) is 0 Å². The molecule has 1 saturated heterocycles. The Balaban J connectivity index is 2.32. The highest BCUT2D eigenvalue weighted by Gasteiger charge is 2.41. The van der Waals surface area contributed by atoms with Gasteiger partial charge in [-0.25, -0.2) is 14.6 Å². The molecule has 0 saturated carbocycles. The third-order valence-corrected chi connectivity index (χ3v) is 2.02. The summed E-state index contributed by atoms with van der Waals surface area (Å²) in [5.74, 6) is -0.386. The first-order valence-electron chi connectivity index (χ1n) is 4.23. The van der Waals surface area contributed by atoms with Gasteiger partial charge in [0.25, 0.3) is 0 Å². The van der Waals surface area contributed by atoms with Crippen molar-refractivity contribution >= 4 is 5.97 Å². The molecule has 0 aliphatic carbocycles. The molecule has 4 nitrogen and oxygen atoms in total. The van der Waals surface area contributed by atoms with E-state index in [2.05, 4.69) is 11.5 Å². The molecule has 1 atom stereocenters. The molecule has 0 radical (unpaired) electrons. The van der Waals surface area contributed by atoms with Gasteiger partial charge in [0.1, 0.15) is 13.2 Å². The summed E-state index contributed by atoms with van der Waals surface area (Å²) < 4.78 is 4.96. The van der Waals surface area contributed by atoms with Gasteiger partial charge in [-0.05, 0) is 13.3 Å². The van der Waals surface area contributed by atoms with Crippen molar-refractivity contribution in [3.05, 3.63) is 12.2 Å². The lowest BCUT2D eigenvalue weighted by atomic mass is 10.0. The molecule has 0 bridgehead atoms. The van der Waals surface area contributed by atoms with Crippen LogP contribution in [0.1, 0.15) is 20.3 Å². The number of rotatable bonds is 4. The lowest BCUT2D eigenvalue weighted by Gasteiger charge is -2.37. The summed E-state index contributed by atoms with van der Waals surface area (Å²) in [5, 5.41) is 0. The number of ether oxygens (including phenoxy) is 1. The van der Waals surface area contributed by atoms with Gasteiger partial charge in [0, 0.05) is 5.57 Å². The largest absolute Gasteiger partial charge is 0.459 e. The van der Waals surface area contributed by atoms with Crippen molar-refractivity contribution in [2.75, 3.05) is 13.2 Å². The Morgan fingerprint density at radius 1 is 1.69 bits per heavy atom. The molecule has 0 N–H and O–H groups in total. The minimum absolute atomic E-state index is 0.231. The molecular formula is C9H14O4. The Labute approximate surface area is 77.4 Å². The number of esters is 1. The number of carbonyl (C=O) groups is 1. The molecule has 0 aromatic rings.